The maximum Gasteiger partial charge on any atom is 0.319 e. The van der Waals surface area contributed by atoms with E-state index in [4.69, 9.17) is 0 Å². The van der Waals surface area contributed by atoms with Gasteiger partial charge in [0.05, 0.1) is 0 Å². The number of nitrogens with one attached hydrogen (secondary N) is 4. The average molecular weight is 395 g/mol. The van der Waals surface area contributed by atoms with E-state index in [1.165, 1.54) is 6.07 Å². The van der Waals surface area contributed by atoms with Crippen LogP contribution in [0.2, 0.25) is 0 Å². The van der Waals surface area contributed by atoms with Gasteiger partial charge in [0.25, 0.3) is 0 Å². The summed E-state index contributed by atoms with van der Waals surface area (Å²) in [6.07, 6.45) is 1.72. The van der Waals surface area contributed by atoms with Crippen LogP contribution in [0.25, 0.3) is 0 Å². The quantitative estimate of drug-likeness (QED) is 0.456. The molecule has 0 fully saturated rings. The molecule has 8 nitrogen and oxygen atoms in total. The number of anilines is 4. The lowest BCUT2D eigenvalue weighted by Gasteiger charge is -2.10. The van der Waals surface area contributed by atoms with Gasteiger partial charge in [-0.15, -0.1) is 10.2 Å². The Hall–Kier alpha value is -3.75. The molecule has 0 spiro atoms. The third-order valence-corrected chi connectivity index (χ3v) is 3.98. The molecule has 0 aliphatic rings. The highest BCUT2D eigenvalue weighted by atomic mass is 19.1. The number of aryl methyl sites for hydroxylation is 2. The van der Waals surface area contributed by atoms with Gasteiger partial charge in [-0.1, -0.05) is 6.07 Å². The predicted octanol–water partition coefficient (Wildman–Crippen LogP) is 3.60. The van der Waals surface area contributed by atoms with E-state index >= 15 is 0 Å². The summed E-state index contributed by atoms with van der Waals surface area (Å²) in [5.74, 6) is 1.50. The van der Waals surface area contributed by atoms with Crippen molar-refractivity contribution >= 4 is 29.2 Å². The molecule has 0 aliphatic heterocycles. The molecule has 2 heterocycles. The van der Waals surface area contributed by atoms with Gasteiger partial charge in [-0.25, -0.2) is 14.2 Å². The van der Waals surface area contributed by atoms with Crippen molar-refractivity contribution in [1.29, 1.82) is 0 Å². The van der Waals surface area contributed by atoms with E-state index in [1.807, 2.05) is 19.1 Å². The molecule has 0 saturated heterocycles. The van der Waals surface area contributed by atoms with Crippen molar-refractivity contribution in [3.63, 3.8) is 0 Å². The van der Waals surface area contributed by atoms with Gasteiger partial charge in [0, 0.05) is 25.0 Å². The number of carbonyl (C=O) groups is 1. The fourth-order valence-electron chi connectivity index (χ4n) is 2.44. The Bertz CT molecular complexity index is 979. The molecule has 29 heavy (non-hydrogen) atoms. The van der Waals surface area contributed by atoms with Gasteiger partial charge in [-0.2, -0.15) is 0 Å². The van der Waals surface area contributed by atoms with Gasteiger partial charge in [-0.3, -0.25) is 0 Å². The molecule has 150 valence electrons. The predicted molar refractivity (Wildman–Crippen MR) is 111 cm³/mol. The first kappa shape index (κ1) is 20.0. The van der Waals surface area contributed by atoms with E-state index in [0.717, 1.165) is 5.56 Å². The van der Waals surface area contributed by atoms with Gasteiger partial charge in [-0.05, 0) is 61.4 Å². The Balaban J connectivity index is 1.40. The molecule has 0 radical (unpaired) electrons. The van der Waals surface area contributed by atoms with Crippen LogP contribution in [-0.4, -0.2) is 34.3 Å². The van der Waals surface area contributed by atoms with E-state index in [9.17, 15) is 9.18 Å². The van der Waals surface area contributed by atoms with E-state index in [1.54, 1.807) is 37.4 Å². The van der Waals surface area contributed by atoms with Gasteiger partial charge >= 0.3 is 6.03 Å². The Morgan fingerprint density at radius 1 is 0.966 bits per heavy atom. The Morgan fingerprint density at radius 2 is 1.76 bits per heavy atom. The summed E-state index contributed by atoms with van der Waals surface area (Å²) in [5.41, 5.74) is 2.02. The molecule has 1 aromatic carbocycles. The molecular formula is C20H22FN7O. The number of hydrogen-bond acceptors (Lipinski definition) is 6. The van der Waals surface area contributed by atoms with Crippen molar-refractivity contribution in [1.82, 2.24) is 20.5 Å². The SMILES string of the molecule is Cc1ccnc(Nc2ccc(NCCNC(=O)Nc3ccc(C)c(F)c3)nn2)c1. The number of halogens is 1. The first-order valence-corrected chi connectivity index (χ1v) is 9.08. The number of benzene rings is 1. The van der Waals surface area contributed by atoms with E-state index in [2.05, 4.69) is 36.4 Å². The molecule has 0 aliphatic carbocycles. The molecule has 4 N–H and O–H groups in total. The Morgan fingerprint density at radius 3 is 2.48 bits per heavy atom. The second-order valence-electron chi connectivity index (χ2n) is 6.42. The van der Waals surface area contributed by atoms with E-state index < -0.39 is 6.03 Å². The lowest BCUT2D eigenvalue weighted by Crippen LogP contribution is -2.32. The fourth-order valence-corrected chi connectivity index (χ4v) is 2.44. The first-order valence-electron chi connectivity index (χ1n) is 9.08. The lowest BCUT2D eigenvalue weighted by atomic mass is 10.2. The van der Waals surface area contributed by atoms with Gasteiger partial charge in [0.1, 0.15) is 17.5 Å². The molecule has 2 aromatic heterocycles. The number of amides is 2. The highest BCUT2D eigenvalue weighted by Crippen LogP contribution is 2.14. The number of hydrogen-bond donors (Lipinski definition) is 4. The number of carbonyl (C=O) groups excluding carboxylic acids is 1. The fraction of sp³-hybridized carbons (Fsp3) is 0.200. The van der Waals surface area contributed by atoms with Crippen molar-refractivity contribution in [3.05, 3.63) is 65.6 Å². The van der Waals surface area contributed by atoms with Gasteiger partial charge in [0.15, 0.2) is 5.82 Å². The zero-order valence-electron chi connectivity index (χ0n) is 16.2. The number of pyridine rings is 1. The highest BCUT2D eigenvalue weighted by molar-refractivity contribution is 5.89. The normalized spacial score (nSPS) is 10.3. The van der Waals surface area contributed by atoms with Crippen LogP contribution < -0.4 is 21.3 Å². The minimum Gasteiger partial charge on any atom is -0.367 e. The second kappa shape index (κ2) is 9.45. The summed E-state index contributed by atoms with van der Waals surface area (Å²) >= 11 is 0. The van der Waals surface area contributed by atoms with E-state index in [-0.39, 0.29) is 5.82 Å². The summed E-state index contributed by atoms with van der Waals surface area (Å²) in [5, 5.41) is 19.6. The number of aromatic nitrogens is 3. The standard InChI is InChI=1S/C20H22FN7O/c1-13-7-8-22-19(11-13)26-18-6-5-17(27-28-18)23-9-10-24-20(29)25-15-4-3-14(2)16(21)12-15/h3-8,11-12H,9-10H2,1-2H3,(H,23,27)(H,22,26,28)(H2,24,25,29). The highest BCUT2D eigenvalue weighted by Gasteiger charge is 2.04. The zero-order valence-corrected chi connectivity index (χ0v) is 16.2. The molecule has 2 amide bonds. The molecule has 0 saturated carbocycles. The molecule has 3 aromatic rings. The van der Waals surface area contributed by atoms with Crippen molar-refractivity contribution in [2.45, 2.75) is 13.8 Å². The summed E-state index contributed by atoms with van der Waals surface area (Å²) < 4.78 is 13.5. The Kier molecular flexibility index (Phi) is 6.51. The van der Waals surface area contributed by atoms with Crippen LogP contribution in [0, 0.1) is 19.7 Å². The second-order valence-corrected chi connectivity index (χ2v) is 6.42. The Labute approximate surface area is 168 Å². The average Bonchev–Trinajstić information content (AvgIpc) is 2.69. The summed E-state index contributed by atoms with van der Waals surface area (Å²) in [7, 11) is 0. The van der Waals surface area contributed by atoms with Crippen molar-refractivity contribution in [2.75, 3.05) is 29.0 Å². The third kappa shape index (κ3) is 6.13. The number of nitrogens with zero attached hydrogens (tertiary/aromatic N) is 3. The van der Waals surface area contributed by atoms with Crippen molar-refractivity contribution < 1.29 is 9.18 Å². The summed E-state index contributed by atoms with van der Waals surface area (Å²) in [6.45, 7) is 4.46. The first-order chi connectivity index (χ1) is 14.0. The summed E-state index contributed by atoms with van der Waals surface area (Å²) in [6, 6.07) is 11.5. The zero-order chi connectivity index (χ0) is 20.6. The van der Waals surface area contributed by atoms with Crippen LogP contribution >= 0.6 is 0 Å². The maximum atomic E-state index is 13.5. The number of rotatable bonds is 7. The van der Waals surface area contributed by atoms with E-state index in [0.29, 0.717) is 41.8 Å². The lowest BCUT2D eigenvalue weighted by molar-refractivity contribution is 0.252. The smallest absolute Gasteiger partial charge is 0.319 e. The van der Waals surface area contributed by atoms with Crippen molar-refractivity contribution in [3.8, 4) is 0 Å². The monoisotopic (exact) mass is 395 g/mol. The molecule has 0 atom stereocenters. The van der Waals surface area contributed by atoms with Crippen LogP contribution in [0.5, 0.6) is 0 Å². The molecule has 0 bridgehead atoms. The van der Waals surface area contributed by atoms with Gasteiger partial charge < -0.3 is 21.3 Å². The van der Waals surface area contributed by atoms with Crippen LogP contribution in [0.3, 0.4) is 0 Å². The molecule has 9 heteroatoms. The number of urea groups is 1. The third-order valence-electron chi connectivity index (χ3n) is 3.98. The molecule has 3 rings (SSSR count). The molecule has 0 unspecified atom stereocenters. The maximum absolute atomic E-state index is 13.5. The van der Waals surface area contributed by atoms with Crippen LogP contribution in [0.15, 0.2) is 48.7 Å². The topological polar surface area (TPSA) is 104 Å². The molecular weight excluding hydrogens is 373 g/mol. The van der Waals surface area contributed by atoms with Crippen LogP contribution in [0.1, 0.15) is 11.1 Å². The van der Waals surface area contributed by atoms with Crippen LogP contribution in [-0.2, 0) is 0 Å². The van der Waals surface area contributed by atoms with Crippen LogP contribution in [0.4, 0.5) is 32.3 Å². The largest absolute Gasteiger partial charge is 0.367 e. The summed E-state index contributed by atoms with van der Waals surface area (Å²) in [4.78, 5) is 16.1. The van der Waals surface area contributed by atoms with Gasteiger partial charge in [0.2, 0.25) is 0 Å². The minimum absolute atomic E-state index is 0.356. The van der Waals surface area contributed by atoms with Crippen molar-refractivity contribution in [2.24, 2.45) is 0 Å². The minimum atomic E-state index is -0.411.